The molecule has 0 aliphatic carbocycles. The van der Waals surface area contributed by atoms with Crippen LogP contribution in [0.15, 0.2) is 67.1 Å². The Morgan fingerprint density at radius 2 is 2.06 bits per heavy atom. The molecule has 6 nitrogen and oxygen atoms in total. The van der Waals surface area contributed by atoms with Crippen LogP contribution in [0, 0.1) is 11.8 Å². The molecule has 33 heavy (non-hydrogen) atoms. The van der Waals surface area contributed by atoms with Gasteiger partial charge in [-0.1, -0.05) is 42.2 Å². The van der Waals surface area contributed by atoms with Crippen LogP contribution in [-0.2, 0) is 6.54 Å². The second-order valence-electron chi connectivity index (χ2n) is 8.15. The summed E-state index contributed by atoms with van der Waals surface area (Å²) in [6.07, 6.45) is 5.83. The van der Waals surface area contributed by atoms with Crippen molar-refractivity contribution in [2.45, 2.75) is 25.4 Å². The summed E-state index contributed by atoms with van der Waals surface area (Å²) >= 11 is 1.63. The predicted molar refractivity (Wildman–Crippen MR) is 134 cm³/mol. The molecule has 1 fully saturated rings. The SMILES string of the molecule is C(#C[C@H]1CCCN1)c1cc2ncnc(Nc3ccc4c(cnn4Cc4ccccc4)c3)c2s1. The highest BCUT2D eigenvalue weighted by atomic mass is 32.1. The normalized spacial score (nSPS) is 15.6. The van der Waals surface area contributed by atoms with Gasteiger partial charge >= 0.3 is 0 Å². The third-order valence-electron chi connectivity index (χ3n) is 5.82. The summed E-state index contributed by atoms with van der Waals surface area (Å²) < 4.78 is 3.04. The predicted octanol–water partition coefficient (Wildman–Crippen LogP) is 4.94. The third kappa shape index (κ3) is 4.19. The molecule has 0 saturated carbocycles. The van der Waals surface area contributed by atoms with Crippen LogP contribution in [0.25, 0.3) is 21.1 Å². The lowest BCUT2D eigenvalue weighted by molar-refractivity contribution is 0.712. The van der Waals surface area contributed by atoms with Gasteiger partial charge in [-0.3, -0.25) is 4.68 Å². The van der Waals surface area contributed by atoms with Crippen LogP contribution in [0.3, 0.4) is 0 Å². The minimum atomic E-state index is 0.299. The second-order valence-corrected chi connectivity index (χ2v) is 9.20. The molecule has 7 heteroatoms. The van der Waals surface area contributed by atoms with Gasteiger partial charge in [0.05, 0.1) is 39.4 Å². The fourth-order valence-corrected chi connectivity index (χ4v) is 5.07. The monoisotopic (exact) mass is 450 g/mol. The second kappa shape index (κ2) is 8.66. The van der Waals surface area contributed by atoms with Crippen molar-refractivity contribution in [3.63, 3.8) is 0 Å². The van der Waals surface area contributed by atoms with Crippen molar-refractivity contribution in [2.75, 3.05) is 11.9 Å². The van der Waals surface area contributed by atoms with Crippen LogP contribution in [-0.4, -0.2) is 32.3 Å². The molecule has 0 amide bonds. The number of rotatable bonds is 4. The Morgan fingerprint density at radius 1 is 1.12 bits per heavy atom. The molecule has 1 saturated heterocycles. The minimum absolute atomic E-state index is 0.299. The Hall–Kier alpha value is -3.73. The highest BCUT2D eigenvalue weighted by Crippen LogP contribution is 2.31. The van der Waals surface area contributed by atoms with E-state index >= 15 is 0 Å². The molecule has 162 valence electrons. The molecular weight excluding hydrogens is 428 g/mol. The Morgan fingerprint density at radius 3 is 2.94 bits per heavy atom. The van der Waals surface area contributed by atoms with Gasteiger partial charge in [-0.15, -0.1) is 11.3 Å². The standard InChI is InChI=1S/C26H22N6S/c1-2-5-18(6-3-1)16-32-24-11-9-21(13-19(24)15-30-32)31-26-25-23(28-17-29-26)14-22(33-25)10-8-20-7-4-12-27-20/h1-3,5-6,9,11,13-15,17,20,27H,4,7,12,16H2,(H,28,29,31)/t20-/m1/s1. The molecule has 2 N–H and O–H groups in total. The van der Waals surface area contributed by atoms with Crippen molar-refractivity contribution < 1.29 is 0 Å². The van der Waals surface area contributed by atoms with Gasteiger partial charge in [0.1, 0.15) is 6.33 Å². The Kier molecular flexibility index (Phi) is 5.23. The topological polar surface area (TPSA) is 67.7 Å². The molecule has 1 aliphatic heterocycles. The van der Waals surface area contributed by atoms with Gasteiger partial charge in [0.2, 0.25) is 0 Å². The Labute approximate surface area is 195 Å². The quantitative estimate of drug-likeness (QED) is 0.380. The fraction of sp³-hybridized carbons (Fsp3) is 0.192. The highest BCUT2D eigenvalue weighted by molar-refractivity contribution is 7.20. The van der Waals surface area contributed by atoms with Crippen LogP contribution in [0.4, 0.5) is 11.5 Å². The van der Waals surface area contributed by atoms with Gasteiger partial charge in [0, 0.05) is 11.1 Å². The minimum Gasteiger partial charge on any atom is -0.339 e. The van der Waals surface area contributed by atoms with Crippen LogP contribution in [0.1, 0.15) is 23.3 Å². The summed E-state index contributed by atoms with van der Waals surface area (Å²) in [6, 6.07) is 19.0. The van der Waals surface area contributed by atoms with Crippen molar-refractivity contribution in [2.24, 2.45) is 0 Å². The molecule has 0 spiro atoms. The summed E-state index contributed by atoms with van der Waals surface area (Å²) in [4.78, 5) is 9.95. The molecule has 1 aliphatic rings. The average Bonchev–Trinajstić information content (AvgIpc) is 3.59. The van der Waals surface area contributed by atoms with Gasteiger partial charge < -0.3 is 10.6 Å². The lowest BCUT2D eigenvalue weighted by atomic mass is 10.2. The maximum Gasteiger partial charge on any atom is 0.151 e. The van der Waals surface area contributed by atoms with Crippen LogP contribution in [0.5, 0.6) is 0 Å². The van der Waals surface area contributed by atoms with E-state index in [4.69, 9.17) is 0 Å². The fourth-order valence-electron chi connectivity index (χ4n) is 4.15. The van der Waals surface area contributed by atoms with Gasteiger partial charge in [0.15, 0.2) is 5.82 Å². The molecule has 0 radical (unpaired) electrons. The number of aromatic nitrogens is 4. The zero-order valence-corrected chi connectivity index (χ0v) is 18.8. The number of benzene rings is 2. The summed E-state index contributed by atoms with van der Waals surface area (Å²) in [6.45, 7) is 1.81. The largest absolute Gasteiger partial charge is 0.339 e. The number of hydrogen-bond donors (Lipinski definition) is 2. The smallest absolute Gasteiger partial charge is 0.151 e. The molecule has 6 rings (SSSR count). The number of nitrogens with one attached hydrogen (secondary N) is 2. The number of thiophene rings is 1. The summed E-state index contributed by atoms with van der Waals surface area (Å²) in [5.41, 5.74) is 4.22. The third-order valence-corrected chi connectivity index (χ3v) is 6.87. The van der Waals surface area contributed by atoms with E-state index in [1.807, 2.05) is 23.0 Å². The van der Waals surface area contributed by atoms with E-state index in [-0.39, 0.29) is 0 Å². The van der Waals surface area contributed by atoms with E-state index in [1.54, 1.807) is 17.7 Å². The van der Waals surface area contributed by atoms with E-state index in [2.05, 4.69) is 80.0 Å². The number of hydrogen-bond acceptors (Lipinski definition) is 6. The first-order chi connectivity index (χ1) is 16.3. The average molecular weight is 451 g/mol. The maximum atomic E-state index is 4.59. The van der Waals surface area contributed by atoms with Crippen molar-refractivity contribution in [1.82, 2.24) is 25.1 Å². The number of nitrogens with zero attached hydrogens (tertiary/aromatic N) is 4. The molecular formula is C26H22N6S. The van der Waals surface area contributed by atoms with Crippen molar-refractivity contribution >= 4 is 44.0 Å². The molecule has 0 unspecified atom stereocenters. The van der Waals surface area contributed by atoms with Crippen LogP contribution in [0.2, 0.25) is 0 Å². The van der Waals surface area contributed by atoms with Gasteiger partial charge in [-0.25, -0.2) is 9.97 Å². The van der Waals surface area contributed by atoms with E-state index in [0.717, 1.165) is 57.0 Å². The lowest BCUT2D eigenvalue weighted by Crippen LogP contribution is -2.18. The molecule has 0 bridgehead atoms. The van der Waals surface area contributed by atoms with E-state index in [0.29, 0.717) is 6.04 Å². The van der Waals surface area contributed by atoms with Gasteiger partial charge in [-0.2, -0.15) is 5.10 Å². The summed E-state index contributed by atoms with van der Waals surface area (Å²) in [7, 11) is 0. The Bertz CT molecular complexity index is 1490. The first-order valence-corrected chi connectivity index (χ1v) is 11.9. The van der Waals surface area contributed by atoms with E-state index < -0.39 is 0 Å². The first kappa shape index (κ1) is 19.9. The summed E-state index contributed by atoms with van der Waals surface area (Å²) in [5, 5.41) is 12.6. The van der Waals surface area contributed by atoms with Crippen molar-refractivity contribution in [3.8, 4) is 11.8 Å². The first-order valence-electron chi connectivity index (χ1n) is 11.1. The molecule has 3 aromatic heterocycles. The maximum absolute atomic E-state index is 4.59. The van der Waals surface area contributed by atoms with Gasteiger partial charge in [-0.05, 0) is 49.2 Å². The van der Waals surface area contributed by atoms with E-state index in [9.17, 15) is 0 Å². The van der Waals surface area contributed by atoms with Crippen LogP contribution < -0.4 is 10.6 Å². The molecule has 4 heterocycles. The van der Waals surface area contributed by atoms with Crippen LogP contribution >= 0.6 is 11.3 Å². The lowest BCUT2D eigenvalue weighted by Gasteiger charge is -2.07. The zero-order valence-electron chi connectivity index (χ0n) is 18.0. The van der Waals surface area contributed by atoms with Gasteiger partial charge in [0.25, 0.3) is 0 Å². The number of fused-ring (bicyclic) bond motifs is 2. The molecule has 1 atom stereocenters. The molecule has 2 aromatic carbocycles. The zero-order chi connectivity index (χ0) is 22.0. The molecule has 5 aromatic rings. The van der Waals surface area contributed by atoms with E-state index in [1.165, 1.54) is 12.0 Å². The summed E-state index contributed by atoms with van der Waals surface area (Å²) in [5.74, 6) is 7.45. The number of anilines is 2. The Balaban J connectivity index is 1.26. The highest BCUT2D eigenvalue weighted by Gasteiger charge is 2.12. The van der Waals surface area contributed by atoms with Crippen molar-refractivity contribution in [3.05, 3.63) is 77.6 Å². The van der Waals surface area contributed by atoms with Crippen molar-refractivity contribution in [1.29, 1.82) is 0 Å².